The van der Waals surface area contributed by atoms with Crippen LogP contribution in [0.1, 0.15) is 31.0 Å². The molecule has 3 aromatic rings. The SMILES string of the molecule is CC(=O)OCCN(CCOC(C)=O)c1ccc(N=NC2c3ccccc3-c3ccc([N+](=O)[O-])cc32)cc1. The third-order valence-corrected chi connectivity index (χ3v) is 5.92. The van der Waals surface area contributed by atoms with Crippen molar-refractivity contribution in [3.8, 4) is 11.1 Å². The van der Waals surface area contributed by atoms with Crippen molar-refractivity contribution in [3.63, 3.8) is 0 Å². The van der Waals surface area contributed by atoms with E-state index in [0.717, 1.165) is 27.9 Å². The molecule has 1 atom stereocenters. The lowest BCUT2D eigenvalue weighted by atomic mass is 10.1. The lowest BCUT2D eigenvalue weighted by Crippen LogP contribution is -2.31. The molecular weight excluding hydrogens is 476 g/mol. The first kappa shape index (κ1) is 25.5. The highest BCUT2D eigenvalue weighted by Gasteiger charge is 2.30. The summed E-state index contributed by atoms with van der Waals surface area (Å²) >= 11 is 0. The highest BCUT2D eigenvalue weighted by molar-refractivity contribution is 5.79. The van der Waals surface area contributed by atoms with Gasteiger partial charge >= 0.3 is 11.9 Å². The zero-order valence-corrected chi connectivity index (χ0v) is 20.5. The van der Waals surface area contributed by atoms with Gasteiger partial charge in [0.15, 0.2) is 0 Å². The quantitative estimate of drug-likeness (QED) is 0.158. The van der Waals surface area contributed by atoms with Crippen LogP contribution in [-0.2, 0) is 19.1 Å². The Balaban J connectivity index is 1.54. The lowest BCUT2D eigenvalue weighted by Gasteiger charge is -2.24. The van der Waals surface area contributed by atoms with Crippen molar-refractivity contribution in [1.82, 2.24) is 0 Å². The van der Waals surface area contributed by atoms with Gasteiger partial charge in [0.1, 0.15) is 19.3 Å². The molecule has 3 aromatic carbocycles. The first-order valence-corrected chi connectivity index (χ1v) is 11.7. The van der Waals surface area contributed by atoms with E-state index in [4.69, 9.17) is 9.47 Å². The number of nitrogens with zero attached hydrogens (tertiary/aromatic N) is 4. The Kier molecular flexibility index (Phi) is 7.87. The second-order valence-electron chi connectivity index (χ2n) is 8.42. The summed E-state index contributed by atoms with van der Waals surface area (Å²) in [4.78, 5) is 35.1. The molecule has 0 fully saturated rings. The highest BCUT2D eigenvalue weighted by Crippen LogP contribution is 2.47. The van der Waals surface area contributed by atoms with Crippen LogP contribution in [0.25, 0.3) is 11.1 Å². The normalized spacial score (nSPS) is 13.6. The Morgan fingerprint density at radius 2 is 1.51 bits per heavy atom. The van der Waals surface area contributed by atoms with E-state index >= 15 is 0 Å². The molecule has 0 saturated carbocycles. The summed E-state index contributed by atoms with van der Waals surface area (Å²) < 4.78 is 10.1. The molecular formula is C27H26N4O6. The molecule has 1 aliphatic rings. The fourth-order valence-electron chi connectivity index (χ4n) is 4.23. The number of nitro groups is 1. The van der Waals surface area contributed by atoms with E-state index in [-0.39, 0.29) is 30.8 Å². The molecule has 0 heterocycles. The third-order valence-electron chi connectivity index (χ3n) is 5.92. The lowest BCUT2D eigenvalue weighted by molar-refractivity contribution is -0.384. The van der Waals surface area contributed by atoms with Gasteiger partial charge in [-0.2, -0.15) is 10.2 Å². The molecule has 4 rings (SSSR count). The van der Waals surface area contributed by atoms with Gasteiger partial charge in [0.25, 0.3) is 5.69 Å². The third kappa shape index (κ3) is 6.16. The maximum absolute atomic E-state index is 11.3. The molecule has 1 unspecified atom stereocenters. The first-order valence-electron chi connectivity index (χ1n) is 11.7. The maximum Gasteiger partial charge on any atom is 0.302 e. The number of ether oxygens (including phenoxy) is 2. The van der Waals surface area contributed by atoms with E-state index in [9.17, 15) is 19.7 Å². The van der Waals surface area contributed by atoms with Crippen molar-refractivity contribution >= 4 is 29.0 Å². The Bertz CT molecular complexity index is 1320. The van der Waals surface area contributed by atoms with Gasteiger partial charge in [0.2, 0.25) is 0 Å². The summed E-state index contributed by atoms with van der Waals surface area (Å²) in [6.07, 6.45) is 0. The van der Waals surface area contributed by atoms with Gasteiger partial charge in [-0.3, -0.25) is 19.7 Å². The number of nitro benzene ring substituents is 1. The molecule has 0 bridgehead atoms. The molecule has 0 spiro atoms. The van der Waals surface area contributed by atoms with Gasteiger partial charge in [-0.05, 0) is 52.6 Å². The second kappa shape index (κ2) is 11.4. The number of hydrogen-bond acceptors (Lipinski definition) is 9. The number of rotatable bonds is 10. The van der Waals surface area contributed by atoms with E-state index in [1.807, 2.05) is 41.3 Å². The average Bonchev–Trinajstić information content (AvgIpc) is 3.19. The molecule has 190 valence electrons. The first-order chi connectivity index (χ1) is 17.8. The van der Waals surface area contributed by atoms with E-state index < -0.39 is 11.0 Å². The fraction of sp³-hybridized carbons (Fsp3) is 0.259. The van der Waals surface area contributed by atoms with Gasteiger partial charge in [0, 0.05) is 31.7 Å². The minimum absolute atomic E-state index is 0.0127. The van der Waals surface area contributed by atoms with Crippen LogP contribution in [0.2, 0.25) is 0 Å². The minimum Gasteiger partial charge on any atom is -0.464 e. The summed E-state index contributed by atoms with van der Waals surface area (Å²) in [6, 6.07) is 19.5. The van der Waals surface area contributed by atoms with Crippen LogP contribution in [0.3, 0.4) is 0 Å². The number of non-ortho nitro benzene ring substituents is 1. The number of carbonyl (C=O) groups is 2. The topological polar surface area (TPSA) is 124 Å². The minimum atomic E-state index is -0.449. The molecule has 0 radical (unpaired) electrons. The van der Waals surface area contributed by atoms with Gasteiger partial charge in [-0.15, -0.1) is 0 Å². The summed E-state index contributed by atoms with van der Waals surface area (Å²) in [6.45, 7) is 3.95. The van der Waals surface area contributed by atoms with Crippen LogP contribution in [-0.4, -0.2) is 43.2 Å². The monoisotopic (exact) mass is 502 g/mol. The van der Waals surface area contributed by atoms with Crippen LogP contribution >= 0.6 is 0 Å². The molecule has 0 aliphatic heterocycles. The molecule has 0 amide bonds. The summed E-state index contributed by atoms with van der Waals surface area (Å²) in [5.74, 6) is -0.729. The zero-order chi connectivity index (χ0) is 26.4. The summed E-state index contributed by atoms with van der Waals surface area (Å²) in [5.41, 5.74) is 5.06. The number of benzene rings is 3. The standard InChI is InChI=1S/C27H26N4O6/c1-18(32)36-15-13-30(14-16-37-19(2)33)21-9-7-20(8-10-21)28-29-27-25-6-4-3-5-23(25)24-12-11-22(31(34)35)17-26(24)27/h3-12,17,27H,13-16H2,1-2H3. The number of esters is 2. The second-order valence-corrected chi connectivity index (χ2v) is 8.42. The number of hydrogen-bond donors (Lipinski definition) is 0. The number of azo groups is 1. The zero-order valence-electron chi connectivity index (χ0n) is 20.5. The van der Waals surface area contributed by atoms with Gasteiger partial charge in [0.05, 0.1) is 23.7 Å². The number of fused-ring (bicyclic) bond motifs is 3. The van der Waals surface area contributed by atoms with Crippen molar-refractivity contribution in [2.75, 3.05) is 31.2 Å². The smallest absolute Gasteiger partial charge is 0.302 e. The van der Waals surface area contributed by atoms with Crippen molar-refractivity contribution < 1.29 is 24.0 Å². The Morgan fingerprint density at radius 1 is 0.892 bits per heavy atom. The van der Waals surface area contributed by atoms with Crippen LogP contribution in [0.15, 0.2) is 77.0 Å². The van der Waals surface area contributed by atoms with E-state index in [2.05, 4.69) is 10.2 Å². The fourth-order valence-corrected chi connectivity index (χ4v) is 4.23. The molecule has 0 aromatic heterocycles. The Morgan fingerprint density at radius 3 is 2.14 bits per heavy atom. The molecule has 0 N–H and O–H groups in total. The van der Waals surface area contributed by atoms with Crippen LogP contribution in [0.5, 0.6) is 0 Å². The predicted octanol–water partition coefficient (Wildman–Crippen LogP) is 5.38. The molecule has 10 heteroatoms. The maximum atomic E-state index is 11.3. The largest absolute Gasteiger partial charge is 0.464 e. The van der Waals surface area contributed by atoms with E-state index in [1.165, 1.54) is 19.9 Å². The van der Waals surface area contributed by atoms with Crippen molar-refractivity contribution in [2.45, 2.75) is 19.9 Å². The molecule has 0 saturated heterocycles. The highest BCUT2D eigenvalue weighted by atomic mass is 16.6. The van der Waals surface area contributed by atoms with Crippen molar-refractivity contribution in [1.29, 1.82) is 0 Å². The van der Waals surface area contributed by atoms with Gasteiger partial charge in [-0.25, -0.2) is 0 Å². The van der Waals surface area contributed by atoms with Crippen molar-refractivity contribution in [2.24, 2.45) is 10.2 Å². The van der Waals surface area contributed by atoms with Crippen LogP contribution in [0.4, 0.5) is 17.1 Å². The number of anilines is 1. The number of carbonyl (C=O) groups excluding carboxylic acids is 2. The average molecular weight is 503 g/mol. The van der Waals surface area contributed by atoms with Gasteiger partial charge < -0.3 is 14.4 Å². The van der Waals surface area contributed by atoms with E-state index in [1.54, 1.807) is 24.3 Å². The summed E-state index contributed by atoms with van der Waals surface area (Å²) in [5, 5.41) is 20.3. The summed E-state index contributed by atoms with van der Waals surface area (Å²) in [7, 11) is 0. The van der Waals surface area contributed by atoms with Crippen LogP contribution in [0, 0.1) is 10.1 Å². The predicted molar refractivity (Wildman–Crippen MR) is 137 cm³/mol. The van der Waals surface area contributed by atoms with Crippen LogP contribution < -0.4 is 4.90 Å². The van der Waals surface area contributed by atoms with Gasteiger partial charge in [-0.1, -0.05) is 24.3 Å². The van der Waals surface area contributed by atoms with E-state index in [0.29, 0.717) is 18.8 Å². The molecule has 1 aliphatic carbocycles. The molecule has 10 nitrogen and oxygen atoms in total. The van der Waals surface area contributed by atoms with Crippen molar-refractivity contribution in [3.05, 3.63) is 88.0 Å². The Labute approximate surface area is 213 Å². The molecule has 37 heavy (non-hydrogen) atoms. The Hall–Kier alpha value is -4.60.